The van der Waals surface area contributed by atoms with Crippen molar-refractivity contribution in [1.82, 2.24) is 0 Å². The molecule has 0 radical (unpaired) electrons. The molecule has 0 saturated heterocycles. The summed E-state index contributed by atoms with van der Waals surface area (Å²) in [5.74, 6) is 0.617. The normalized spacial score (nSPS) is 21.8. The lowest BCUT2D eigenvalue weighted by Gasteiger charge is -2.12. The smallest absolute Gasteiger partial charge is 0.127 e. The minimum atomic E-state index is -0.770. The van der Waals surface area contributed by atoms with Gasteiger partial charge in [0.1, 0.15) is 18.5 Å². The molecule has 1 aromatic carbocycles. The largest absolute Gasteiger partial charge is 0.488 e. The van der Waals surface area contributed by atoms with Gasteiger partial charge in [0.15, 0.2) is 0 Å². The average molecular weight is 262 g/mol. The molecule has 1 N–H and O–H groups in total. The Balaban J connectivity index is 2.11. The number of halogens is 1. The summed E-state index contributed by atoms with van der Waals surface area (Å²) in [7, 11) is 0. The Bertz CT molecular complexity index is 575. The van der Waals surface area contributed by atoms with Crippen molar-refractivity contribution >= 4 is 17.8 Å². The standard InChI is InChI=1S/C14H12ClNO2/c15-10-4-5-11-12(7-10)18-8-9-3-1-2-6-16-13(9)14(11)17/h1,3-7,14,17H,2,8H2. The van der Waals surface area contributed by atoms with E-state index in [4.69, 9.17) is 16.3 Å². The van der Waals surface area contributed by atoms with Crippen molar-refractivity contribution in [3.63, 3.8) is 0 Å². The number of aliphatic hydroxyl groups is 1. The predicted molar refractivity (Wildman–Crippen MR) is 71.2 cm³/mol. The summed E-state index contributed by atoms with van der Waals surface area (Å²) < 4.78 is 5.70. The number of allylic oxidation sites excluding steroid dienone is 1. The molecule has 2 aliphatic rings. The zero-order valence-corrected chi connectivity index (χ0v) is 10.4. The number of rotatable bonds is 0. The van der Waals surface area contributed by atoms with E-state index >= 15 is 0 Å². The molecular formula is C14H12ClNO2. The molecular weight excluding hydrogens is 250 g/mol. The Morgan fingerprint density at radius 2 is 2.28 bits per heavy atom. The van der Waals surface area contributed by atoms with Crippen molar-refractivity contribution in [1.29, 1.82) is 0 Å². The van der Waals surface area contributed by atoms with E-state index < -0.39 is 6.10 Å². The van der Waals surface area contributed by atoms with Gasteiger partial charge in [0.05, 0.1) is 5.70 Å². The second-order valence-corrected chi connectivity index (χ2v) is 4.67. The van der Waals surface area contributed by atoms with E-state index in [-0.39, 0.29) is 0 Å². The molecule has 0 fully saturated rings. The van der Waals surface area contributed by atoms with Crippen LogP contribution in [0.1, 0.15) is 18.1 Å². The molecule has 3 rings (SSSR count). The highest BCUT2D eigenvalue weighted by molar-refractivity contribution is 6.30. The monoisotopic (exact) mass is 261 g/mol. The number of ether oxygens (including phenoxy) is 1. The van der Waals surface area contributed by atoms with Gasteiger partial charge in [0, 0.05) is 28.8 Å². The lowest BCUT2D eigenvalue weighted by Crippen LogP contribution is -2.01. The van der Waals surface area contributed by atoms with Crippen molar-refractivity contribution in [3.05, 3.63) is 52.2 Å². The number of hydrogen-bond acceptors (Lipinski definition) is 3. The van der Waals surface area contributed by atoms with Gasteiger partial charge in [-0.15, -0.1) is 0 Å². The Labute approximate surface area is 110 Å². The van der Waals surface area contributed by atoms with Gasteiger partial charge < -0.3 is 9.84 Å². The van der Waals surface area contributed by atoms with Crippen LogP contribution in [0.4, 0.5) is 0 Å². The van der Waals surface area contributed by atoms with E-state index in [0.29, 0.717) is 28.6 Å². The Morgan fingerprint density at radius 3 is 3.17 bits per heavy atom. The summed E-state index contributed by atoms with van der Waals surface area (Å²) in [4.78, 5) is 4.34. The first kappa shape index (κ1) is 11.5. The van der Waals surface area contributed by atoms with Crippen LogP contribution < -0.4 is 4.74 Å². The van der Waals surface area contributed by atoms with E-state index in [1.54, 1.807) is 24.4 Å². The van der Waals surface area contributed by atoms with Gasteiger partial charge in [-0.2, -0.15) is 0 Å². The van der Waals surface area contributed by atoms with Gasteiger partial charge in [-0.05, 0) is 12.1 Å². The lowest BCUT2D eigenvalue weighted by atomic mass is 10.0. The summed E-state index contributed by atoms with van der Waals surface area (Å²) in [5, 5.41) is 11.0. The van der Waals surface area contributed by atoms with Gasteiger partial charge in [0.25, 0.3) is 0 Å². The maximum absolute atomic E-state index is 10.4. The fourth-order valence-corrected chi connectivity index (χ4v) is 2.28. The molecule has 3 nitrogen and oxygen atoms in total. The van der Waals surface area contributed by atoms with Gasteiger partial charge >= 0.3 is 0 Å². The van der Waals surface area contributed by atoms with Crippen molar-refractivity contribution in [3.8, 4) is 5.75 Å². The van der Waals surface area contributed by atoms with E-state index in [2.05, 4.69) is 4.99 Å². The summed E-state index contributed by atoms with van der Waals surface area (Å²) in [5.41, 5.74) is 2.27. The number of fused-ring (bicyclic) bond motifs is 1. The second-order valence-electron chi connectivity index (χ2n) is 4.23. The topological polar surface area (TPSA) is 41.8 Å². The van der Waals surface area contributed by atoms with Crippen molar-refractivity contribution in [2.45, 2.75) is 12.5 Å². The highest BCUT2D eigenvalue weighted by Gasteiger charge is 2.24. The zero-order valence-electron chi connectivity index (χ0n) is 9.64. The third-order valence-electron chi connectivity index (χ3n) is 3.03. The first-order valence-electron chi connectivity index (χ1n) is 5.78. The third-order valence-corrected chi connectivity index (χ3v) is 3.27. The molecule has 4 heteroatoms. The van der Waals surface area contributed by atoms with Crippen LogP contribution >= 0.6 is 11.6 Å². The van der Waals surface area contributed by atoms with Crippen LogP contribution in [0.15, 0.2) is 46.6 Å². The van der Waals surface area contributed by atoms with Crippen LogP contribution in [-0.4, -0.2) is 17.9 Å². The molecule has 1 atom stereocenters. The number of aliphatic imine (C=N–C) groups is 1. The zero-order chi connectivity index (χ0) is 12.5. The first-order valence-corrected chi connectivity index (χ1v) is 6.16. The van der Waals surface area contributed by atoms with Crippen molar-refractivity contribution < 1.29 is 9.84 Å². The van der Waals surface area contributed by atoms with Gasteiger partial charge in [-0.3, -0.25) is 4.99 Å². The van der Waals surface area contributed by atoms with Crippen LogP contribution in [-0.2, 0) is 0 Å². The Hall–Kier alpha value is -1.58. The molecule has 0 aromatic heterocycles. The van der Waals surface area contributed by atoms with E-state index in [9.17, 15) is 5.11 Å². The van der Waals surface area contributed by atoms with Crippen LogP contribution in [0.2, 0.25) is 5.02 Å². The Morgan fingerprint density at radius 1 is 1.39 bits per heavy atom. The molecule has 0 spiro atoms. The molecule has 92 valence electrons. The number of aliphatic hydroxyl groups excluding tert-OH is 1. The summed E-state index contributed by atoms with van der Waals surface area (Å²) >= 11 is 5.94. The molecule has 18 heavy (non-hydrogen) atoms. The van der Waals surface area contributed by atoms with E-state index in [1.807, 2.05) is 12.2 Å². The van der Waals surface area contributed by atoms with Crippen LogP contribution in [0.25, 0.3) is 0 Å². The number of benzene rings is 1. The molecule has 2 aliphatic heterocycles. The van der Waals surface area contributed by atoms with Crippen LogP contribution in [0.5, 0.6) is 5.75 Å². The average Bonchev–Trinajstić information content (AvgIpc) is 2.65. The summed E-state index contributed by atoms with van der Waals surface area (Å²) in [6.07, 6.45) is 5.76. The van der Waals surface area contributed by atoms with Gasteiger partial charge in [0.2, 0.25) is 0 Å². The molecule has 0 saturated carbocycles. The van der Waals surface area contributed by atoms with E-state index in [1.165, 1.54) is 0 Å². The van der Waals surface area contributed by atoms with Crippen molar-refractivity contribution in [2.75, 3.05) is 6.61 Å². The maximum Gasteiger partial charge on any atom is 0.127 e. The van der Waals surface area contributed by atoms with Crippen LogP contribution in [0, 0.1) is 0 Å². The molecule has 0 bridgehead atoms. The van der Waals surface area contributed by atoms with Gasteiger partial charge in [-0.25, -0.2) is 0 Å². The second kappa shape index (κ2) is 4.59. The molecule has 1 unspecified atom stereocenters. The highest BCUT2D eigenvalue weighted by Crippen LogP contribution is 2.37. The van der Waals surface area contributed by atoms with E-state index in [0.717, 1.165) is 12.0 Å². The fourth-order valence-electron chi connectivity index (χ4n) is 2.12. The summed E-state index contributed by atoms with van der Waals surface area (Å²) in [6, 6.07) is 5.25. The minimum absolute atomic E-state index is 0.396. The quantitative estimate of drug-likeness (QED) is 0.780. The molecule has 1 aromatic rings. The number of nitrogens with zero attached hydrogens (tertiary/aromatic N) is 1. The number of hydrogen-bond donors (Lipinski definition) is 1. The maximum atomic E-state index is 10.4. The third kappa shape index (κ3) is 1.96. The molecule has 0 amide bonds. The molecule has 2 heterocycles. The summed E-state index contributed by atoms with van der Waals surface area (Å²) in [6.45, 7) is 0.396. The Kier molecular flexibility index (Phi) is 2.94. The lowest BCUT2D eigenvalue weighted by molar-refractivity contribution is 0.212. The van der Waals surface area contributed by atoms with Gasteiger partial charge in [-0.1, -0.05) is 29.8 Å². The SMILES string of the molecule is OC1C2=C(C=CCC=N2)COc2cc(Cl)ccc21. The fraction of sp³-hybridized carbons (Fsp3) is 0.214. The molecule has 0 aliphatic carbocycles. The van der Waals surface area contributed by atoms with Crippen LogP contribution in [0.3, 0.4) is 0 Å². The first-order chi connectivity index (χ1) is 8.75. The minimum Gasteiger partial charge on any atom is -0.488 e. The van der Waals surface area contributed by atoms with Crippen molar-refractivity contribution in [2.24, 2.45) is 4.99 Å². The highest BCUT2D eigenvalue weighted by atomic mass is 35.5. The predicted octanol–water partition coefficient (Wildman–Crippen LogP) is 3.05.